The van der Waals surface area contributed by atoms with Crippen LogP contribution in [-0.2, 0) is 9.59 Å². The Kier molecular flexibility index (Phi) is 5.16. The predicted octanol–water partition coefficient (Wildman–Crippen LogP) is 0.804. The molecule has 0 bridgehead atoms. The van der Waals surface area contributed by atoms with Gasteiger partial charge in [0, 0.05) is 25.2 Å². The van der Waals surface area contributed by atoms with Crippen LogP contribution in [0.2, 0.25) is 0 Å². The Morgan fingerprint density at radius 1 is 1.29 bits per heavy atom. The normalized spacial score (nSPS) is 21.4. The summed E-state index contributed by atoms with van der Waals surface area (Å²) in [5, 5.41) is 19.0. The van der Waals surface area contributed by atoms with Gasteiger partial charge in [0.15, 0.2) is 0 Å². The molecule has 0 aromatic rings. The molecule has 1 heterocycles. The van der Waals surface area contributed by atoms with E-state index in [0.717, 1.165) is 12.5 Å². The van der Waals surface area contributed by atoms with Crippen LogP contribution in [0.3, 0.4) is 0 Å². The molecule has 2 rings (SSSR count). The van der Waals surface area contributed by atoms with E-state index in [-0.39, 0.29) is 0 Å². The Morgan fingerprint density at radius 3 is 2.47 bits per heavy atom. The van der Waals surface area contributed by atoms with Crippen molar-refractivity contribution in [3.63, 3.8) is 0 Å². The summed E-state index contributed by atoms with van der Waals surface area (Å²) in [5.41, 5.74) is 1.59. The van der Waals surface area contributed by atoms with Gasteiger partial charge in [-0.1, -0.05) is 23.8 Å². The molecule has 1 atom stereocenters. The highest BCUT2D eigenvalue weighted by Crippen LogP contribution is 2.22. The zero-order chi connectivity index (χ0) is 12.7. The minimum absolute atomic E-state index is 0.558. The number of carboxylic acids is 2. The summed E-state index contributed by atoms with van der Waals surface area (Å²) in [6.45, 7) is 2.31. The average molecular weight is 237 g/mol. The number of nitrogens with one attached hydrogen (secondary N) is 1. The second-order valence-corrected chi connectivity index (χ2v) is 3.74. The first kappa shape index (κ1) is 13.2. The topological polar surface area (TPSA) is 86.6 Å². The fraction of sp³-hybridized carbons (Fsp3) is 0.333. The van der Waals surface area contributed by atoms with Crippen LogP contribution in [-0.4, -0.2) is 35.2 Å². The van der Waals surface area contributed by atoms with Crippen molar-refractivity contribution in [1.82, 2.24) is 5.32 Å². The molecule has 17 heavy (non-hydrogen) atoms. The van der Waals surface area contributed by atoms with E-state index >= 15 is 0 Å². The van der Waals surface area contributed by atoms with Crippen molar-refractivity contribution in [2.45, 2.75) is 6.42 Å². The van der Waals surface area contributed by atoms with Crippen LogP contribution >= 0.6 is 0 Å². The van der Waals surface area contributed by atoms with E-state index in [1.54, 1.807) is 5.57 Å². The first-order chi connectivity index (χ1) is 8.09. The molecule has 0 aromatic heterocycles. The molecule has 3 N–H and O–H groups in total. The molecule has 5 nitrogen and oxygen atoms in total. The smallest absolute Gasteiger partial charge is 0.328 e. The summed E-state index contributed by atoms with van der Waals surface area (Å²) in [4.78, 5) is 19.1. The van der Waals surface area contributed by atoms with Crippen molar-refractivity contribution in [1.29, 1.82) is 0 Å². The van der Waals surface area contributed by atoms with Crippen molar-refractivity contribution in [2.24, 2.45) is 5.92 Å². The van der Waals surface area contributed by atoms with Gasteiger partial charge in [-0.3, -0.25) is 0 Å². The number of hydrogen-bond donors (Lipinski definition) is 3. The molecular formula is C12H15NO4. The Bertz CT molecular complexity index is 366. The van der Waals surface area contributed by atoms with Gasteiger partial charge in [-0.2, -0.15) is 0 Å². The van der Waals surface area contributed by atoms with Gasteiger partial charge in [0.2, 0.25) is 0 Å². The number of carbonyl (C=O) groups is 2. The van der Waals surface area contributed by atoms with Crippen molar-refractivity contribution in [3.8, 4) is 0 Å². The van der Waals surface area contributed by atoms with Crippen LogP contribution in [0.1, 0.15) is 6.42 Å². The summed E-state index contributed by atoms with van der Waals surface area (Å²) in [6, 6.07) is 0. The van der Waals surface area contributed by atoms with Gasteiger partial charge in [0.25, 0.3) is 0 Å². The van der Waals surface area contributed by atoms with E-state index in [9.17, 15) is 9.59 Å². The zero-order valence-electron chi connectivity index (χ0n) is 9.30. The summed E-state index contributed by atoms with van der Waals surface area (Å²) in [7, 11) is 0. The van der Waals surface area contributed by atoms with Gasteiger partial charge in [0.1, 0.15) is 0 Å². The molecule has 92 valence electrons. The zero-order valence-corrected chi connectivity index (χ0v) is 9.30. The highest BCUT2D eigenvalue weighted by molar-refractivity contribution is 5.89. The second-order valence-electron chi connectivity index (χ2n) is 3.74. The lowest BCUT2D eigenvalue weighted by atomic mass is 9.95. The van der Waals surface area contributed by atoms with E-state index < -0.39 is 11.9 Å². The quantitative estimate of drug-likeness (QED) is 0.618. The molecule has 0 spiro atoms. The Balaban J connectivity index is 0.000000172. The first-order valence-corrected chi connectivity index (χ1v) is 5.30. The molecule has 1 fully saturated rings. The van der Waals surface area contributed by atoms with E-state index in [0.29, 0.717) is 12.2 Å². The molecule has 0 aromatic carbocycles. The molecule has 0 amide bonds. The summed E-state index contributed by atoms with van der Waals surface area (Å²) >= 11 is 0. The standard InChI is InChI=1S/C8H11N.C4H4O4/c1-2-4-8-6-9-5-7(8)3-1;5-3(6)1-2-4(7)8/h1-3,8-9H,4-6H2;1-2H,(H,5,6)(H,7,8). The summed E-state index contributed by atoms with van der Waals surface area (Å²) in [6.07, 6.45) is 9.03. The Hall–Kier alpha value is -1.88. The van der Waals surface area contributed by atoms with Crippen molar-refractivity contribution in [3.05, 3.63) is 36.0 Å². The lowest BCUT2D eigenvalue weighted by Crippen LogP contribution is -2.08. The maximum atomic E-state index is 9.55. The molecule has 1 aliphatic carbocycles. The maximum Gasteiger partial charge on any atom is 0.328 e. The SMILES string of the molecule is C1=CCC2CNCC2=C1.O=C(O)C=CC(=O)O. The van der Waals surface area contributed by atoms with E-state index in [1.807, 2.05) is 0 Å². The first-order valence-electron chi connectivity index (χ1n) is 5.30. The van der Waals surface area contributed by atoms with Crippen LogP contribution in [0.25, 0.3) is 0 Å². The number of fused-ring (bicyclic) bond motifs is 1. The molecule has 1 aliphatic heterocycles. The third-order valence-electron chi connectivity index (χ3n) is 2.48. The number of carboxylic acid groups (broad SMARTS) is 2. The van der Waals surface area contributed by atoms with Gasteiger partial charge in [-0.05, 0) is 12.3 Å². The van der Waals surface area contributed by atoms with Crippen LogP contribution in [0.15, 0.2) is 36.0 Å². The molecule has 1 saturated heterocycles. The number of rotatable bonds is 2. The second kappa shape index (κ2) is 6.65. The minimum Gasteiger partial charge on any atom is -0.478 e. The van der Waals surface area contributed by atoms with Gasteiger partial charge in [0.05, 0.1) is 0 Å². The van der Waals surface area contributed by atoms with Crippen molar-refractivity contribution >= 4 is 11.9 Å². The van der Waals surface area contributed by atoms with Crippen LogP contribution in [0.4, 0.5) is 0 Å². The molecule has 1 unspecified atom stereocenters. The third-order valence-corrected chi connectivity index (χ3v) is 2.48. The highest BCUT2D eigenvalue weighted by atomic mass is 16.4. The maximum absolute atomic E-state index is 9.55. The van der Waals surface area contributed by atoms with E-state index in [2.05, 4.69) is 23.5 Å². The monoisotopic (exact) mass is 237 g/mol. The summed E-state index contributed by atoms with van der Waals surface area (Å²) < 4.78 is 0. The van der Waals surface area contributed by atoms with Crippen molar-refractivity contribution < 1.29 is 19.8 Å². The lowest BCUT2D eigenvalue weighted by molar-refractivity contribution is -0.134. The highest BCUT2D eigenvalue weighted by Gasteiger charge is 2.19. The summed E-state index contributed by atoms with van der Waals surface area (Å²) in [5.74, 6) is -1.69. The van der Waals surface area contributed by atoms with Crippen LogP contribution in [0.5, 0.6) is 0 Å². The van der Waals surface area contributed by atoms with Gasteiger partial charge >= 0.3 is 11.9 Å². The van der Waals surface area contributed by atoms with Crippen LogP contribution in [0, 0.1) is 5.92 Å². The fourth-order valence-corrected chi connectivity index (χ4v) is 1.67. The number of aliphatic carboxylic acids is 2. The van der Waals surface area contributed by atoms with Gasteiger partial charge in [-0.15, -0.1) is 0 Å². The number of hydrogen-bond acceptors (Lipinski definition) is 3. The van der Waals surface area contributed by atoms with Crippen LogP contribution < -0.4 is 5.32 Å². The molecular weight excluding hydrogens is 222 g/mol. The van der Waals surface area contributed by atoms with Gasteiger partial charge < -0.3 is 15.5 Å². The molecule has 5 heteroatoms. The lowest BCUT2D eigenvalue weighted by Gasteiger charge is -2.09. The largest absolute Gasteiger partial charge is 0.478 e. The Morgan fingerprint density at radius 2 is 1.94 bits per heavy atom. The minimum atomic E-state index is -1.26. The third kappa shape index (κ3) is 5.12. The number of allylic oxidation sites excluding steroid dienone is 3. The molecule has 0 saturated carbocycles. The Labute approximate surface area is 99.1 Å². The molecule has 0 radical (unpaired) electrons. The predicted molar refractivity (Wildman–Crippen MR) is 62.6 cm³/mol. The van der Waals surface area contributed by atoms with Gasteiger partial charge in [-0.25, -0.2) is 9.59 Å². The molecule has 2 aliphatic rings. The fourth-order valence-electron chi connectivity index (χ4n) is 1.67. The van der Waals surface area contributed by atoms with E-state index in [4.69, 9.17) is 10.2 Å². The average Bonchev–Trinajstić information content (AvgIpc) is 2.75. The van der Waals surface area contributed by atoms with E-state index in [1.165, 1.54) is 13.0 Å². The van der Waals surface area contributed by atoms with Crippen molar-refractivity contribution in [2.75, 3.05) is 13.1 Å².